The maximum atomic E-state index is 13.0. The van der Waals surface area contributed by atoms with Crippen LogP contribution in [0, 0.1) is 0 Å². The molecule has 1 aromatic heterocycles. The molecule has 1 aliphatic rings. The number of carbonyl (C=O) groups is 1. The van der Waals surface area contributed by atoms with Gasteiger partial charge >= 0.3 is 0 Å². The molecule has 5 nitrogen and oxygen atoms in total. The molecule has 0 radical (unpaired) electrons. The van der Waals surface area contributed by atoms with Gasteiger partial charge < -0.3 is 10.1 Å². The Morgan fingerprint density at radius 2 is 1.96 bits per heavy atom. The standard InChI is InChI=1S/C20H17N3O2/c1-25-16-8-4-6-14(12-16)22-19-17-9-2-3-10-18(17)20(24)23(19)15-7-5-11-21-13-15/h2-13,19,22H,1H3/t19-/m1/s1. The van der Waals surface area contributed by atoms with Crippen molar-refractivity contribution in [2.75, 3.05) is 17.3 Å². The number of carbonyl (C=O) groups excluding carboxylic acids is 1. The molecule has 3 aromatic rings. The van der Waals surface area contributed by atoms with Crippen LogP contribution in [0.3, 0.4) is 0 Å². The third-order valence-corrected chi connectivity index (χ3v) is 4.26. The topological polar surface area (TPSA) is 54.5 Å². The molecule has 0 unspecified atom stereocenters. The summed E-state index contributed by atoms with van der Waals surface area (Å²) in [5, 5.41) is 3.45. The molecular weight excluding hydrogens is 314 g/mol. The first-order valence-electron chi connectivity index (χ1n) is 8.01. The lowest BCUT2D eigenvalue weighted by Crippen LogP contribution is -2.32. The zero-order valence-corrected chi connectivity index (χ0v) is 13.7. The van der Waals surface area contributed by atoms with Gasteiger partial charge in [-0.15, -0.1) is 0 Å². The number of nitrogens with zero attached hydrogens (tertiary/aromatic N) is 2. The third kappa shape index (κ3) is 2.70. The lowest BCUT2D eigenvalue weighted by Gasteiger charge is -2.27. The number of nitrogens with one attached hydrogen (secondary N) is 1. The minimum atomic E-state index is -0.306. The van der Waals surface area contributed by atoms with E-state index in [0.29, 0.717) is 5.56 Å². The van der Waals surface area contributed by atoms with Gasteiger partial charge in [0, 0.05) is 29.1 Å². The highest BCUT2D eigenvalue weighted by molar-refractivity contribution is 6.11. The summed E-state index contributed by atoms with van der Waals surface area (Å²) in [5.41, 5.74) is 3.28. The summed E-state index contributed by atoms with van der Waals surface area (Å²) >= 11 is 0. The molecule has 124 valence electrons. The number of hydrogen-bond donors (Lipinski definition) is 1. The summed E-state index contributed by atoms with van der Waals surface area (Å²) < 4.78 is 5.29. The van der Waals surface area contributed by atoms with Crippen molar-refractivity contribution in [3.63, 3.8) is 0 Å². The smallest absolute Gasteiger partial charge is 0.260 e. The molecule has 25 heavy (non-hydrogen) atoms. The Morgan fingerprint density at radius 3 is 2.76 bits per heavy atom. The first kappa shape index (κ1) is 15.2. The number of methoxy groups -OCH3 is 1. The Balaban J connectivity index is 1.77. The fourth-order valence-corrected chi connectivity index (χ4v) is 3.09. The van der Waals surface area contributed by atoms with Gasteiger partial charge in [0.05, 0.1) is 19.0 Å². The Kier molecular flexibility index (Phi) is 3.82. The van der Waals surface area contributed by atoms with Gasteiger partial charge in [0.1, 0.15) is 11.9 Å². The number of amides is 1. The first-order chi connectivity index (χ1) is 12.3. The predicted molar refractivity (Wildman–Crippen MR) is 96.8 cm³/mol. The molecule has 0 saturated heterocycles. The van der Waals surface area contributed by atoms with Crippen LogP contribution < -0.4 is 15.0 Å². The average Bonchev–Trinajstić information content (AvgIpc) is 2.95. The first-order valence-corrected chi connectivity index (χ1v) is 8.01. The highest BCUT2D eigenvalue weighted by Gasteiger charge is 2.37. The van der Waals surface area contributed by atoms with Gasteiger partial charge in [0.15, 0.2) is 0 Å². The molecule has 0 fully saturated rings. The van der Waals surface area contributed by atoms with Crippen molar-refractivity contribution in [1.82, 2.24) is 4.98 Å². The summed E-state index contributed by atoms with van der Waals surface area (Å²) in [7, 11) is 1.63. The normalized spacial score (nSPS) is 15.8. The second-order valence-electron chi connectivity index (χ2n) is 5.75. The maximum absolute atomic E-state index is 13.0. The van der Waals surface area contributed by atoms with E-state index in [4.69, 9.17) is 4.74 Å². The molecule has 0 bridgehead atoms. The van der Waals surface area contributed by atoms with E-state index >= 15 is 0 Å². The van der Waals surface area contributed by atoms with Crippen LogP contribution in [0.5, 0.6) is 5.75 Å². The quantitative estimate of drug-likeness (QED) is 0.789. The van der Waals surface area contributed by atoms with E-state index in [1.165, 1.54) is 0 Å². The number of aromatic nitrogens is 1. The highest BCUT2D eigenvalue weighted by Crippen LogP contribution is 2.37. The summed E-state index contributed by atoms with van der Waals surface area (Å²) in [4.78, 5) is 18.8. The molecule has 0 spiro atoms. The molecule has 4 rings (SSSR count). The Hall–Kier alpha value is -3.34. The van der Waals surface area contributed by atoms with E-state index in [9.17, 15) is 4.79 Å². The number of rotatable bonds is 4. The fourth-order valence-electron chi connectivity index (χ4n) is 3.09. The van der Waals surface area contributed by atoms with Gasteiger partial charge in [0.2, 0.25) is 0 Å². The molecule has 0 aliphatic carbocycles. The fraction of sp³-hybridized carbons (Fsp3) is 0.100. The monoisotopic (exact) mass is 331 g/mol. The van der Waals surface area contributed by atoms with Crippen molar-refractivity contribution in [2.24, 2.45) is 0 Å². The minimum absolute atomic E-state index is 0.0380. The highest BCUT2D eigenvalue weighted by atomic mass is 16.5. The van der Waals surface area contributed by atoms with Crippen molar-refractivity contribution in [2.45, 2.75) is 6.17 Å². The van der Waals surface area contributed by atoms with Crippen molar-refractivity contribution in [3.8, 4) is 5.75 Å². The van der Waals surface area contributed by atoms with Gasteiger partial charge in [-0.05, 0) is 30.3 Å². The number of hydrogen-bond acceptors (Lipinski definition) is 4. The van der Waals surface area contributed by atoms with Gasteiger partial charge in [-0.1, -0.05) is 24.3 Å². The molecule has 1 amide bonds. The maximum Gasteiger partial charge on any atom is 0.260 e. The van der Waals surface area contributed by atoms with Crippen LogP contribution in [0.2, 0.25) is 0 Å². The zero-order valence-electron chi connectivity index (χ0n) is 13.7. The second-order valence-corrected chi connectivity index (χ2v) is 5.75. The molecule has 1 aliphatic heterocycles. The average molecular weight is 331 g/mol. The largest absolute Gasteiger partial charge is 0.497 e. The van der Waals surface area contributed by atoms with E-state index in [2.05, 4.69) is 10.3 Å². The molecule has 2 heterocycles. The molecular formula is C20H17N3O2. The SMILES string of the molecule is COc1cccc(N[C@H]2c3ccccc3C(=O)N2c2cccnc2)c1. The van der Waals surface area contributed by atoms with Gasteiger partial charge in [-0.2, -0.15) is 0 Å². The van der Waals surface area contributed by atoms with Crippen molar-refractivity contribution < 1.29 is 9.53 Å². The van der Waals surface area contributed by atoms with Crippen LogP contribution in [0.15, 0.2) is 73.1 Å². The van der Waals surface area contributed by atoms with Crippen molar-refractivity contribution >= 4 is 17.3 Å². The number of ether oxygens (including phenoxy) is 1. The van der Waals surface area contributed by atoms with E-state index in [1.54, 1.807) is 24.4 Å². The van der Waals surface area contributed by atoms with E-state index in [-0.39, 0.29) is 12.1 Å². The van der Waals surface area contributed by atoms with Crippen LogP contribution in [0.25, 0.3) is 0 Å². The van der Waals surface area contributed by atoms with E-state index < -0.39 is 0 Å². The van der Waals surface area contributed by atoms with Crippen molar-refractivity contribution in [1.29, 1.82) is 0 Å². The number of benzene rings is 2. The van der Waals surface area contributed by atoms with Crippen LogP contribution in [-0.4, -0.2) is 18.0 Å². The number of fused-ring (bicyclic) bond motifs is 1. The van der Waals surface area contributed by atoms with Crippen LogP contribution in [0.4, 0.5) is 11.4 Å². The minimum Gasteiger partial charge on any atom is -0.497 e. The third-order valence-electron chi connectivity index (χ3n) is 4.26. The van der Waals surface area contributed by atoms with Crippen molar-refractivity contribution in [3.05, 3.63) is 84.2 Å². The lowest BCUT2D eigenvalue weighted by atomic mass is 10.1. The Bertz CT molecular complexity index is 912. The summed E-state index contributed by atoms with van der Waals surface area (Å²) in [5.74, 6) is 0.722. The van der Waals surface area contributed by atoms with Crippen LogP contribution in [0.1, 0.15) is 22.1 Å². The molecule has 5 heteroatoms. The lowest BCUT2D eigenvalue weighted by molar-refractivity contribution is 0.0993. The van der Waals surface area contributed by atoms with Gasteiger partial charge in [0.25, 0.3) is 5.91 Å². The van der Waals surface area contributed by atoms with Gasteiger partial charge in [-0.3, -0.25) is 14.7 Å². The molecule has 1 N–H and O–H groups in total. The summed E-state index contributed by atoms with van der Waals surface area (Å²) in [6.45, 7) is 0. The Labute approximate surface area is 145 Å². The van der Waals surface area contributed by atoms with E-state index in [1.807, 2.05) is 60.7 Å². The second kappa shape index (κ2) is 6.28. The predicted octanol–water partition coefficient (Wildman–Crippen LogP) is 3.86. The zero-order chi connectivity index (χ0) is 17.2. The number of anilines is 2. The van der Waals surface area contributed by atoms with E-state index in [0.717, 1.165) is 22.7 Å². The molecule has 2 aromatic carbocycles. The summed E-state index contributed by atoms with van der Waals surface area (Å²) in [6, 6.07) is 19.0. The van der Waals surface area contributed by atoms with Gasteiger partial charge in [-0.25, -0.2) is 0 Å². The summed E-state index contributed by atoms with van der Waals surface area (Å²) in [6.07, 6.45) is 3.09. The Morgan fingerprint density at radius 1 is 1.08 bits per heavy atom. The number of pyridine rings is 1. The van der Waals surface area contributed by atoms with Crippen LogP contribution in [-0.2, 0) is 0 Å². The molecule has 0 saturated carbocycles. The molecule has 1 atom stereocenters. The van der Waals surface area contributed by atoms with Crippen LogP contribution >= 0.6 is 0 Å².